The standard InChI is InChI=1S/C14H23ClN2O2S2/c1-4-7-16-10-12-5-6-13(15)14(8-12)21(18,19)17-9-11(2)20-3/h5-6,8,11,16-17H,4,7,9-10H2,1-3H3. The Bertz CT molecular complexity index is 550. The summed E-state index contributed by atoms with van der Waals surface area (Å²) < 4.78 is 27.3. The van der Waals surface area contributed by atoms with Gasteiger partial charge in [0.05, 0.1) is 5.02 Å². The van der Waals surface area contributed by atoms with E-state index in [9.17, 15) is 8.42 Å². The Morgan fingerprint density at radius 3 is 2.71 bits per heavy atom. The molecule has 1 aromatic rings. The molecule has 1 unspecified atom stereocenters. The molecule has 0 aromatic heterocycles. The van der Waals surface area contributed by atoms with E-state index in [2.05, 4.69) is 17.0 Å². The van der Waals surface area contributed by atoms with E-state index in [-0.39, 0.29) is 15.2 Å². The second-order valence-electron chi connectivity index (χ2n) is 4.84. The van der Waals surface area contributed by atoms with Crippen LogP contribution in [0.25, 0.3) is 0 Å². The number of nitrogens with one attached hydrogen (secondary N) is 2. The van der Waals surface area contributed by atoms with Gasteiger partial charge >= 0.3 is 0 Å². The van der Waals surface area contributed by atoms with Crippen LogP contribution in [0.15, 0.2) is 23.1 Å². The molecule has 0 heterocycles. The summed E-state index contributed by atoms with van der Waals surface area (Å²) in [5, 5.41) is 3.71. The summed E-state index contributed by atoms with van der Waals surface area (Å²) in [6, 6.07) is 5.11. The lowest BCUT2D eigenvalue weighted by Gasteiger charge is -2.13. The molecule has 2 N–H and O–H groups in total. The molecule has 0 aliphatic rings. The molecule has 0 saturated heterocycles. The predicted octanol–water partition coefficient (Wildman–Crippen LogP) is 2.87. The average Bonchev–Trinajstić information content (AvgIpc) is 2.46. The highest BCUT2D eigenvalue weighted by molar-refractivity contribution is 7.99. The molecule has 0 saturated carbocycles. The zero-order valence-electron chi connectivity index (χ0n) is 12.6. The SMILES string of the molecule is CCCNCc1ccc(Cl)c(S(=O)(=O)NCC(C)SC)c1. The predicted molar refractivity (Wildman–Crippen MR) is 91.6 cm³/mol. The van der Waals surface area contributed by atoms with Crippen molar-refractivity contribution in [3.05, 3.63) is 28.8 Å². The van der Waals surface area contributed by atoms with Gasteiger partial charge in [-0.05, 0) is 36.9 Å². The summed E-state index contributed by atoms with van der Waals surface area (Å²) in [5.41, 5.74) is 0.908. The molecule has 7 heteroatoms. The molecule has 0 aliphatic carbocycles. The highest BCUT2D eigenvalue weighted by Gasteiger charge is 2.19. The normalized spacial score (nSPS) is 13.3. The van der Waals surface area contributed by atoms with Gasteiger partial charge in [-0.2, -0.15) is 11.8 Å². The van der Waals surface area contributed by atoms with Crippen LogP contribution < -0.4 is 10.0 Å². The van der Waals surface area contributed by atoms with Crippen molar-refractivity contribution in [3.63, 3.8) is 0 Å². The lowest BCUT2D eigenvalue weighted by atomic mass is 10.2. The summed E-state index contributed by atoms with van der Waals surface area (Å²) in [6.45, 7) is 5.97. The van der Waals surface area contributed by atoms with Gasteiger partial charge in [0.2, 0.25) is 10.0 Å². The topological polar surface area (TPSA) is 58.2 Å². The Labute approximate surface area is 137 Å². The Balaban J connectivity index is 2.86. The third-order valence-electron chi connectivity index (χ3n) is 3.00. The van der Waals surface area contributed by atoms with E-state index in [1.165, 1.54) is 0 Å². The van der Waals surface area contributed by atoms with Gasteiger partial charge in [0.1, 0.15) is 4.90 Å². The quantitative estimate of drug-likeness (QED) is 0.672. The smallest absolute Gasteiger partial charge is 0.242 e. The van der Waals surface area contributed by atoms with Crippen LogP contribution >= 0.6 is 23.4 Å². The van der Waals surface area contributed by atoms with Gasteiger partial charge in [-0.3, -0.25) is 0 Å². The first-order chi connectivity index (χ1) is 9.90. The van der Waals surface area contributed by atoms with Gasteiger partial charge < -0.3 is 5.32 Å². The van der Waals surface area contributed by atoms with E-state index in [1.807, 2.05) is 19.2 Å². The van der Waals surface area contributed by atoms with Crippen molar-refractivity contribution in [3.8, 4) is 0 Å². The summed E-state index contributed by atoms with van der Waals surface area (Å²) >= 11 is 7.66. The lowest BCUT2D eigenvalue weighted by molar-refractivity contribution is 0.581. The van der Waals surface area contributed by atoms with E-state index >= 15 is 0 Å². The second kappa shape index (κ2) is 9.00. The zero-order valence-corrected chi connectivity index (χ0v) is 15.0. The number of halogens is 1. The van der Waals surface area contributed by atoms with Crippen molar-refractivity contribution in [2.45, 2.75) is 37.0 Å². The molecular formula is C14H23ClN2O2S2. The van der Waals surface area contributed by atoms with Gasteiger partial charge in [0.15, 0.2) is 0 Å². The molecule has 1 aromatic carbocycles. The maximum atomic E-state index is 12.3. The molecule has 21 heavy (non-hydrogen) atoms. The highest BCUT2D eigenvalue weighted by atomic mass is 35.5. The maximum Gasteiger partial charge on any atom is 0.242 e. The molecule has 0 fully saturated rings. The molecule has 1 rings (SSSR count). The minimum Gasteiger partial charge on any atom is -0.313 e. The summed E-state index contributed by atoms with van der Waals surface area (Å²) in [7, 11) is -3.57. The minimum absolute atomic E-state index is 0.147. The fourth-order valence-electron chi connectivity index (χ4n) is 1.66. The van der Waals surface area contributed by atoms with E-state index in [4.69, 9.17) is 11.6 Å². The van der Waals surface area contributed by atoms with Crippen LogP contribution in [-0.4, -0.2) is 33.0 Å². The van der Waals surface area contributed by atoms with Crippen molar-refractivity contribution < 1.29 is 8.42 Å². The van der Waals surface area contributed by atoms with Gasteiger partial charge in [0.25, 0.3) is 0 Å². The van der Waals surface area contributed by atoms with Crippen LogP contribution in [-0.2, 0) is 16.6 Å². The first-order valence-corrected chi connectivity index (χ1v) is 10.1. The molecule has 0 radical (unpaired) electrons. The van der Waals surface area contributed by atoms with E-state index in [1.54, 1.807) is 23.9 Å². The van der Waals surface area contributed by atoms with Gasteiger partial charge in [-0.25, -0.2) is 13.1 Å². The highest BCUT2D eigenvalue weighted by Crippen LogP contribution is 2.22. The fourth-order valence-corrected chi connectivity index (χ4v) is 3.70. The molecule has 1 atom stereocenters. The largest absolute Gasteiger partial charge is 0.313 e. The Morgan fingerprint density at radius 1 is 1.38 bits per heavy atom. The lowest BCUT2D eigenvalue weighted by Crippen LogP contribution is -2.29. The molecule has 120 valence electrons. The van der Waals surface area contributed by atoms with Crippen molar-refractivity contribution in [2.75, 3.05) is 19.3 Å². The number of sulfonamides is 1. The molecule has 0 spiro atoms. The minimum atomic E-state index is -3.57. The zero-order chi connectivity index (χ0) is 15.9. The van der Waals surface area contributed by atoms with Crippen LogP contribution in [0.3, 0.4) is 0 Å². The monoisotopic (exact) mass is 350 g/mol. The fraction of sp³-hybridized carbons (Fsp3) is 0.571. The van der Waals surface area contributed by atoms with Crippen LogP contribution in [0.2, 0.25) is 5.02 Å². The maximum absolute atomic E-state index is 12.3. The van der Waals surface area contributed by atoms with E-state index < -0.39 is 10.0 Å². The Morgan fingerprint density at radius 2 is 2.10 bits per heavy atom. The van der Waals surface area contributed by atoms with Gasteiger partial charge in [0, 0.05) is 18.3 Å². The van der Waals surface area contributed by atoms with Crippen LogP contribution in [0, 0.1) is 0 Å². The Hall–Kier alpha value is -0.270. The van der Waals surface area contributed by atoms with Crippen molar-refractivity contribution in [2.24, 2.45) is 0 Å². The van der Waals surface area contributed by atoms with Crippen LogP contribution in [0.5, 0.6) is 0 Å². The third-order valence-corrected chi connectivity index (χ3v) is 5.88. The number of rotatable bonds is 9. The Kier molecular flexibility index (Phi) is 8.05. The molecule has 0 aliphatic heterocycles. The second-order valence-corrected chi connectivity index (χ2v) is 8.26. The van der Waals surface area contributed by atoms with Gasteiger partial charge in [-0.15, -0.1) is 0 Å². The molecule has 0 amide bonds. The van der Waals surface area contributed by atoms with Gasteiger partial charge in [-0.1, -0.05) is 31.5 Å². The summed E-state index contributed by atoms with van der Waals surface area (Å²) in [5.74, 6) is 0. The van der Waals surface area contributed by atoms with Crippen molar-refractivity contribution in [1.29, 1.82) is 0 Å². The van der Waals surface area contributed by atoms with Crippen molar-refractivity contribution >= 4 is 33.4 Å². The third kappa shape index (κ3) is 6.16. The average molecular weight is 351 g/mol. The number of hydrogen-bond donors (Lipinski definition) is 2. The van der Waals surface area contributed by atoms with E-state index in [0.717, 1.165) is 18.5 Å². The molecular weight excluding hydrogens is 328 g/mol. The molecule has 4 nitrogen and oxygen atoms in total. The first-order valence-electron chi connectivity index (χ1n) is 6.92. The number of thioether (sulfide) groups is 1. The van der Waals surface area contributed by atoms with E-state index in [0.29, 0.717) is 13.1 Å². The summed E-state index contributed by atoms with van der Waals surface area (Å²) in [6.07, 6.45) is 2.98. The number of benzene rings is 1. The molecule has 0 bridgehead atoms. The number of hydrogen-bond acceptors (Lipinski definition) is 4. The van der Waals surface area contributed by atoms with Crippen LogP contribution in [0.1, 0.15) is 25.8 Å². The summed E-state index contributed by atoms with van der Waals surface area (Å²) in [4.78, 5) is 0.147. The van der Waals surface area contributed by atoms with Crippen molar-refractivity contribution in [1.82, 2.24) is 10.0 Å². The van der Waals surface area contributed by atoms with Crippen LogP contribution in [0.4, 0.5) is 0 Å². The first kappa shape index (κ1) is 18.8.